The molecule has 1 aliphatic heterocycles. The van der Waals surface area contributed by atoms with Gasteiger partial charge in [0.1, 0.15) is 17.9 Å². The van der Waals surface area contributed by atoms with Gasteiger partial charge < -0.3 is 25.6 Å². The number of amides is 1. The smallest absolute Gasteiger partial charge is 0.214 e. The number of carbonyl (C=O) groups excluding carboxylic acids is 1. The maximum absolute atomic E-state index is 14.8. The number of nitrogens with two attached hydrogens (primary N) is 1. The lowest BCUT2D eigenvalue weighted by Gasteiger charge is -2.39. The lowest BCUT2D eigenvalue weighted by Crippen LogP contribution is -2.38. The molecule has 2 aromatic carbocycles. The van der Waals surface area contributed by atoms with E-state index < -0.39 is 5.82 Å². The Morgan fingerprint density at radius 2 is 2.03 bits per heavy atom. The first-order chi connectivity index (χ1) is 16.7. The minimum absolute atomic E-state index is 0.0882. The van der Waals surface area contributed by atoms with Gasteiger partial charge in [-0.15, -0.1) is 0 Å². The third-order valence-electron chi connectivity index (χ3n) is 7.17. The van der Waals surface area contributed by atoms with Gasteiger partial charge in [-0.25, -0.2) is 14.4 Å². The second-order valence-corrected chi connectivity index (χ2v) is 9.71. The van der Waals surface area contributed by atoms with Gasteiger partial charge in [0.25, 0.3) is 0 Å². The molecule has 0 aliphatic carbocycles. The highest BCUT2D eigenvalue weighted by atomic mass is 19.1. The quantitative estimate of drug-likeness (QED) is 0.362. The first kappa shape index (κ1) is 24.7. The van der Waals surface area contributed by atoms with Crippen molar-refractivity contribution < 1.29 is 13.9 Å². The summed E-state index contributed by atoms with van der Waals surface area (Å²) < 4.78 is 20.4. The summed E-state index contributed by atoms with van der Waals surface area (Å²) in [5, 5.41) is 3.68. The number of ether oxygens (including phenoxy) is 1. The number of anilines is 4. The number of nitrogens with one attached hydrogen (secondary N) is 1. The molecule has 35 heavy (non-hydrogen) atoms. The Morgan fingerprint density at radius 3 is 2.71 bits per heavy atom. The van der Waals surface area contributed by atoms with Crippen molar-refractivity contribution >= 4 is 40.2 Å². The maximum Gasteiger partial charge on any atom is 0.214 e. The van der Waals surface area contributed by atoms with Crippen LogP contribution in [0, 0.1) is 18.2 Å². The van der Waals surface area contributed by atoms with Gasteiger partial charge in [0.05, 0.1) is 29.7 Å². The fourth-order valence-electron chi connectivity index (χ4n) is 4.50. The first-order valence-corrected chi connectivity index (χ1v) is 11.8. The molecule has 1 aromatic heterocycles. The zero-order chi connectivity index (χ0) is 25.2. The molecule has 0 bridgehead atoms. The molecule has 186 valence electrons. The van der Waals surface area contributed by atoms with Crippen LogP contribution in [0.4, 0.5) is 27.3 Å². The third-order valence-corrected chi connectivity index (χ3v) is 7.17. The number of aromatic nitrogens is 2. The van der Waals surface area contributed by atoms with Gasteiger partial charge in [-0.3, -0.25) is 4.79 Å². The summed E-state index contributed by atoms with van der Waals surface area (Å²) in [6.45, 7) is 6.72. The van der Waals surface area contributed by atoms with E-state index in [4.69, 9.17) is 10.5 Å². The number of benzene rings is 2. The van der Waals surface area contributed by atoms with Crippen LogP contribution < -0.4 is 20.7 Å². The molecule has 3 N–H and O–H groups in total. The Labute approximate surface area is 205 Å². The normalized spacial score (nSPS) is 15.7. The number of hydrogen-bond acceptors (Lipinski definition) is 7. The molecule has 1 amide bonds. The van der Waals surface area contributed by atoms with E-state index in [9.17, 15) is 9.18 Å². The molecule has 8 nitrogen and oxygen atoms in total. The standard InChI is InChI=1S/C26H33FN6O2/c1-17-5-6-19(23(27)24(17)28)31-25-18-13-21(22(35-4)14-20(18)29-15-30-25)33(16-34)12-9-26(2)7-10-32(3)11-8-26/h5-6,13-16H,7-12,28H2,1-4H3,(H,29,30,31). The number of piperidine rings is 1. The van der Waals surface area contributed by atoms with E-state index in [2.05, 4.69) is 34.2 Å². The van der Waals surface area contributed by atoms with E-state index in [1.807, 2.05) is 6.07 Å². The Hall–Kier alpha value is -3.46. The summed E-state index contributed by atoms with van der Waals surface area (Å²) in [6.07, 6.45) is 5.30. The van der Waals surface area contributed by atoms with Crippen LogP contribution in [0.5, 0.6) is 5.75 Å². The van der Waals surface area contributed by atoms with E-state index in [1.54, 1.807) is 37.1 Å². The molecule has 0 radical (unpaired) electrons. The topological polar surface area (TPSA) is 96.6 Å². The summed E-state index contributed by atoms with van der Waals surface area (Å²) in [7, 11) is 3.71. The number of methoxy groups -OCH3 is 1. The van der Waals surface area contributed by atoms with E-state index in [0.717, 1.165) is 38.8 Å². The highest BCUT2D eigenvalue weighted by Gasteiger charge is 2.29. The van der Waals surface area contributed by atoms with Crippen LogP contribution in [0.3, 0.4) is 0 Å². The van der Waals surface area contributed by atoms with Gasteiger partial charge >= 0.3 is 0 Å². The van der Waals surface area contributed by atoms with Gasteiger partial charge in [-0.1, -0.05) is 13.0 Å². The van der Waals surface area contributed by atoms with Crippen molar-refractivity contribution in [3.05, 3.63) is 42.0 Å². The zero-order valence-electron chi connectivity index (χ0n) is 20.8. The van der Waals surface area contributed by atoms with Crippen molar-refractivity contribution in [2.24, 2.45) is 5.41 Å². The van der Waals surface area contributed by atoms with Crippen molar-refractivity contribution in [1.82, 2.24) is 14.9 Å². The number of halogens is 1. The predicted molar refractivity (Wildman–Crippen MR) is 138 cm³/mol. The third kappa shape index (κ3) is 5.14. The Morgan fingerprint density at radius 1 is 1.29 bits per heavy atom. The summed E-state index contributed by atoms with van der Waals surface area (Å²) in [5.74, 6) is 0.411. The van der Waals surface area contributed by atoms with Crippen LogP contribution in [0.1, 0.15) is 31.7 Å². The Kier molecular flexibility index (Phi) is 7.07. The number of carbonyl (C=O) groups is 1. The number of rotatable bonds is 8. The van der Waals surface area contributed by atoms with Crippen molar-refractivity contribution in [3.63, 3.8) is 0 Å². The second-order valence-electron chi connectivity index (χ2n) is 9.71. The number of aryl methyl sites for hydroxylation is 1. The van der Waals surface area contributed by atoms with Crippen LogP contribution in [-0.2, 0) is 4.79 Å². The fourth-order valence-corrected chi connectivity index (χ4v) is 4.50. The minimum Gasteiger partial charge on any atom is -0.494 e. The molecule has 0 unspecified atom stereocenters. The maximum atomic E-state index is 14.8. The average molecular weight is 481 g/mol. The molecule has 3 aromatic rings. The molecule has 0 atom stereocenters. The molecule has 2 heterocycles. The molecule has 0 saturated carbocycles. The molecular formula is C26H33FN6O2. The monoisotopic (exact) mass is 480 g/mol. The van der Waals surface area contributed by atoms with Crippen molar-refractivity contribution in [2.75, 3.05) is 49.7 Å². The highest BCUT2D eigenvalue weighted by molar-refractivity contribution is 5.97. The van der Waals surface area contributed by atoms with Crippen LogP contribution in [0.15, 0.2) is 30.6 Å². The first-order valence-electron chi connectivity index (χ1n) is 11.8. The van der Waals surface area contributed by atoms with Crippen molar-refractivity contribution in [3.8, 4) is 5.75 Å². The SMILES string of the molecule is COc1cc2ncnc(Nc3ccc(C)c(N)c3F)c2cc1N(C=O)CCC1(C)CCN(C)CC1. The predicted octanol–water partition coefficient (Wildman–Crippen LogP) is 4.50. The van der Waals surface area contributed by atoms with Gasteiger partial charge in [0.2, 0.25) is 6.41 Å². The largest absolute Gasteiger partial charge is 0.494 e. The van der Waals surface area contributed by atoms with E-state index in [-0.39, 0.29) is 16.8 Å². The minimum atomic E-state index is -0.536. The Balaban J connectivity index is 1.67. The number of nitrogens with zero attached hydrogens (tertiary/aromatic N) is 4. The molecule has 1 fully saturated rings. The molecule has 1 aliphatic rings. The lowest BCUT2D eigenvalue weighted by atomic mass is 9.77. The van der Waals surface area contributed by atoms with Crippen LogP contribution >= 0.6 is 0 Å². The number of fused-ring (bicyclic) bond motifs is 1. The Bertz CT molecular complexity index is 1230. The average Bonchev–Trinajstić information content (AvgIpc) is 2.86. The highest BCUT2D eigenvalue weighted by Crippen LogP contribution is 2.38. The number of likely N-dealkylation sites (tertiary alicyclic amines) is 1. The van der Waals surface area contributed by atoms with Gasteiger partial charge in [0, 0.05) is 18.0 Å². The zero-order valence-corrected chi connectivity index (χ0v) is 20.8. The summed E-state index contributed by atoms with van der Waals surface area (Å²) >= 11 is 0. The van der Waals surface area contributed by atoms with E-state index in [1.165, 1.54) is 6.33 Å². The fraction of sp³-hybridized carbons (Fsp3) is 0.423. The molecule has 4 rings (SSSR count). The molecular weight excluding hydrogens is 447 g/mol. The van der Waals surface area contributed by atoms with Crippen molar-refractivity contribution in [1.29, 1.82) is 0 Å². The number of hydrogen-bond donors (Lipinski definition) is 2. The second kappa shape index (κ2) is 10.0. The number of nitrogen functional groups attached to an aromatic ring is 1. The molecule has 9 heteroatoms. The van der Waals surface area contributed by atoms with Crippen molar-refractivity contribution in [2.45, 2.75) is 33.1 Å². The van der Waals surface area contributed by atoms with E-state index in [0.29, 0.717) is 40.3 Å². The van der Waals surface area contributed by atoms with Gasteiger partial charge in [-0.2, -0.15) is 0 Å². The summed E-state index contributed by atoms with van der Waals surface area (Å²) in [5.41, 5.74) is 8.24. The summed E-state index contributed by atoms with van der Waals surface area (Å²) in [6, 6.07) is 6.96. The van der Waals surface area contributed by atoms with Crippen LogP contribution in [0.2, 0.25) is 0 Å². The van der Waals surface area contributed by atoms with Gasteiger partial charge in [-0.05, 0) is 69.4 Å². The van der Waals surface area contributed by atoms with E-state index >= 15 is 0 Å². The van der Waals surface area contributed by atoms with Crippen LogP contribution in [0.25, 0.3) is 10.9 Å². The summed E-state index contributed by atoms with van der Waals surface area (Å²) in [4.78, 5) is 24.9. The molecule has 0 spiro atoms. The molecule has 1 saturated heterocycles. The van der Waals surface area contributed by atoms with Crippen LogP contribution in [-0.4, -0.2) is 55.1 Å². The van der Waals surface area contributed by atoms with Gasteiger partial charge in [0.15, 0.2) is 5.82 Å². The lowest BCUT2D eigenvalue weighted by molar-refractivity contribution is -0.107.